The monoisotopic (exact) mass is 340 g/mol. The average molecular weight is 340 g/mol. The van der Waals surface area contributed by atoms with Crippen LogP contribution in [-0.2, 0) is 11.2 Å². The van der Waals surface area contributed by atoms with E-state index in [-0.39, 0.29) is 17.8 Å². The average Bonchev–Trinajstić information content (AvgIpc) is 3.23. The first kappa shape index (κ1) is 16.1. The van der Waals surface area contributed by atoms with Crippen molar-refractivity contribution in [3.8, 4) is 5.75 Å². The van der Waals surface area contributed by atoms with Gasteiger partial charge in [-0.2, -0.15) is 0 Å². The Morgan fingerprint density at radius 3 is 2.80 bits per heavy atom. The second-order valence-electron chi connectivity index (χ2n) is 6.86. The van der Waals surface area contributed by atoms with E-state index in [2.05, 4.69) is 4.98 Å². The minimum atomic E-state index is -0.278. The van der Waals surface area contributed by atoms with Gasteiger partial charge in [-0.25, -0.2) is 4.39 Å². The van der Waals surface area contributed by atoms with E-state index in [1.54, 1.807) is 18.3 Å². The van der Waals surface area contributed by atoms with Crippen LogP contribution in [0.1, 0.15) is 25.0 Å². The summed E-state index contributed by atoms with van der Waals surface area (Å²) in [6.07, 6.45) is 5.33. The molecular weight excluding hydrogens is 319 g/mol. The number of pyridine rings is 1. The van der Waals surface area contributed by atoms with Crippen molar-refractivity contribution in [2.24, 2.45) is 5.92 Å². The van der Waals surface area contributed by atoms with Gasteiger partial charge in [0, 0.05) is 17.9 Å². The second-order valence-corrected chi connectivity index (χ2v) is 6.86. The number of amides is 1. The van der Waals surface area contributed by atoms with E-state index in [4.69, 9.17) is 4.74 Å². The lowest BCUT2D eigenvalue weighted by Crippen LogP contribution is -2.48. The number of nitrogens with zero attached hydrogens (tertiary/aromatic N) is 2. The van der Waals surface area contributed by atoms with Crippen molar-refractivity contribution < 1.29 is 13.9 Å². The summed E-state index contributed by atoms with van der Waals surface area (Å²) in [6, 6.07) is 12.1. The van der Waals surface area contributed by atoms with Crippen molar-refractivity contribution in [2.45, 2.75) is 37.8 Å². The zero-order valence-electron chi connectivity index (χ0n) is 14.0. The summed E-state index contributed by atoms with van der Waals surface area (Å²) in [7, 11) is 0. The van der Waals surface area contributed by atoms with Gasteiger partial charge in [0.2, 0.25) is 5.91 Å². The van der Waals surface area contributed by atoms with Crippen molar-refractivity contribution >= 4 is 5.91 Å². The third-order valence-electron chi connectivity index (χ3n) is 5.32. The summed E-state index contributed by atoms with van der Waals surface area (Å²) in [6.45, 7) is 0.459. The molecule has 2 fully saturated rings. The molecule has 4 nitrogen and oxygen atoms in total. The molecule has 1 saturated heterocycles. The van der Waals surface area contributed by atoms with Gasteiger partial charge < -0.3 is 9.64 Å². The second kappa shape index (κ2) is 6.82. The Balaban J connectivity index is 1.44. The number of piperidine rings is 1. The molecule has 0 radical (unpaired) electrons. The quantitative estimate of drug-likeness (QED) is 0.839. The zero-order chi connectivity index (χ0) is 17.2. The minimum Gasteiger partial charge on any atom is -0.491 e. The van der Waals surface area contributed by atoms with Crippen LogP contribution in [0.4, 0.5) is 4.39 Å². The molecule has 1 aliphatic carbocycles. The molecule has 2 aliphatic rings. The number of rotatable bonds is 5. The molecule has 1 aliphatic heterocycles. The summed E-state index contributed by atoms with van der Waals surface area (Å²) in [4.78, 5) is 19.1. The van der Waals surface area contributed by atoms with Crippen molar-refractivity contribution in [3.05, 3.63) is 60.2 Å². The van der Waals surface area contributed by atoms with E-state index in [0.717, 1.165) is 25.0 Å². The number of carbonyl (C=O) groups is 1. The van der Waals surface area contributed by atoms with Crippen LogP contribution in [0.25, 0.3) is 0 Å². The number of ether oxygens (including phenoxy) is 1. The van der Waals surface area contributed by atoms with Gasteiger partial charge in [-0.15, -0.1) is 0 Å². The molecule has 130 valence electrons. The Kier molecular flexibility index (Phi) is 4.38. The van der Waals surface area contributed by atoms with E-state index in [1.807, 2.05) is 23.1 Å². The molecule has 1 aromatic heterocycles. The van der Waals surface area contributed by atoms with Crippen LogP contribution in [0.2, 0.25) is 0 Å². The number of fused-ring (bicyclic) bond motifs is 2. The van der Waals surface area contributed by atoms with Crippen LogP contribution in [0.15, 0.2) is 48.7 Å². The van der Waals surface area contributed by atoms with Gasteiger partial charge in [-0.05, 0) is 61.6 Å². The first-order valence-electron chi connectivity index (χ1n) is 8.80. The predicted molar refractivity (Wildman–Crippen MR) is 91.6 cm³/mol. The molecule has 2 bridgehead atoms. The lowest BCUT2D eigenvalue weighted by molar-refractivity contribution is -0.135. The van der Waals surface area contributed by atoms with E-state index in [1.165, 1.54) is 12.1 Å². The molecule has 0 unspecified atom stereocenters. The molecule has 5 heteroatoms. The number of likely N-dealkylation sites (tertiary alicyclic amines) is 1. The van der Waals surface area contributed by atoms with Gasteiger partial charge in [-0.1, -0.05) is 6.07 Å². The molecule has 0 spiro atoms. The van der Waals surface area contributed by atoms with Crippen LogP contribution in [0.3, 0.4) is 0 Å². The molecule has 4 rings (SSSR count). The van der Waals surface area contributed by atoms with Crippen LogP contribution in [0.5, 0.6) is 5.75 Å². The van der Waals surface area contributed by atoms with Gasteiger partial charge in [0.05, 0.1) is 12.5 Å². The standard InChI is InChI=1S/C20H21FN2O2/c21-15-5-8-18(9-6-15)25-13-19-14-4-7-17(11-14)23(19)20(24)12-16-3-1-2-10-22-16/h1-3,5-6,8-10,14,17,19H,4,7,11-13H2/t14-,17+,19+/m0/s1. The lowest BCUT2D eigenvalue weighted by Gasteiger charge is -2.35. The maximum absolute atomic E-state index is 13.0. The Bertz CT molecular complexity index is 735. The highest BCUT2D eigenvalue weighted by molar-refractivity contribution is 5.79. The molecule has 1 aromatic carbocycles. The highest BCUT2D eigenvalue weighted by Gasteiger charge is 2.48. The highest BCUT2D eigenvalue weighted by atomic mass is 19.1. The van der Waals surface area contributed by atoms with Gasteiger partial charge >= 0.3 is 0 Å². The van der Waals surface area contributed by atoms with Crippen molar-refractivity contribution in [1.29, 1.82) is 0 Å². The number of carbonyl (C=O) groups excluding carboxylic acids is 1. The fourth-order valence-corrected chi connectivity index (χ4v) is 4.16. The summed E-state index contributed by atoms with van der Waals surface area (Å²) in [5.41, 5.74) is 0.800. The predicted octanol–water partition coefficient (Wildman–Crippen LogP) is 3.22. The molecule has 1 saturated carbocycles. The van der Waals surface area contributed by atoms with Crippen LogP contribution < -0.4 is 4.74 Å². The first-order valence-corrected chi connectivity index (χ1v) is 8.80. The minimum absolute atomic E-state index is 0.0972. The van der Waals surface area contributed by atoms with Crippen molar-refractivity contribution in [2.75, 3.05) is 6.61 Å². The fraction of sp³-hybridized carbons (Fsp3) is 0.400. The van der Waals surface area contributed by atoms with E-state index in [9.17, 15) is 9.18 Å². The van der Waals surface area contributed by atoms with E-state index < -0.39 is 0 Å². The van der Waals surface area contributed by atoms with E-state index in [0.29, 0.717) is 30.7 Å². The topological polar surface area (TPSA) is 42.4 Å². The lowest BCUT2D eigenvalue weighted by atomic mass is 9.99. The molecular formula is C20H21FN2O2. The maximum Gasteiger partial charge on any atom is 0.229 e. The fourth-order valence-electron chi connectivity index (χ4n) is 4.16. The van der Waals surface area contributed by atoms with E-state index >= 15 is 0 Å². The smallest absolute Gasteiger partial charge is 0.229 e. The third kappa shape index (κ3) is 3.36. The molecule has 2 heterocycles. The number of hydrogen-bond donors (Lipinski definition) is 0. The van der Waals surface area contributed by atoms with Gasteiger partial charge in [-0.3, -0.25) is 9.78 Å². The molecule has 3 atom stereocenters. The summed E-state index contributed by atoms with van der Waals surface area (Å²) < 4.78 is 18.9. The number of benzene rings is 1. The van der Waals surface area contributed by atoms with Gasteiger partial charge in [0.15, 0.2) is 0 Å². The Morgan fingerprint density at radius 2 is 2.04 bits per heavy atom. The molecule has 25 heavy (non-hydrogen) atoms. The Hall–Kier alpha value is -2.43. The van der Waals surface area contributed by atoms with Crippen LogP contribution in [0, 0.1) is 11.7 Å². The SMILES string of the molecule is O=C(Cc1ccccn1)N1[C@@H]2CC[C@@H](C2)[C@H]1COc1ccc(F)cc1. The van der Waals surface area contributed by atoms with Crippen molar-refractivity contribution in [1.82, 2.24) is 9.88 Å². The number of hydrogen-bond acceptors (Lipinski definition) is 3. The summed E-state index contributed by atoms with van der Waals surface area (Å²) in [5.74, 6) is 0.984. The van der Waals surface area contributed by atoms with Crippen molar-refractivity contribution in [3.63, 3.8) is 0 Å². The maximum atomic E-state index is 13.0. The number of aromatic nitrogens is 1. The van der Waals surface area contributed by atoms with Crippen LogP contribution in [-0.4, -0.2) is 34.5 Å². The zero-order valence-corrected chi connectivity index (χ0v) is 14.0. The summed E-state index contributed by atoms with van der Waals surface area (Å²) >= 11 is 0. The van der Waals surface area contributed by atoms with Gasteiger partial charge in [0.25, 0.3) is 0 Å². The largest absolute Gasteiger partial charge is 0.491 e. The Labute approximate surface area is 146 Å². The summed E-state index contributed by atoms with van der Waals surface area (Å²) in [5, 5.41) is 0. The number of halogens is 1. The first-order chi connectivity index (χ1) is 12.2. The highest BCUT2D eigenvalue weighted by Crippen LogP contribution is 2.42. The molecule has 1 amide bonds. The van der Waals surface area contributed by atoms with Crippen LogP contribution >= 0.6 is 0 Å². The Morgan fingerprint density at radius 1 is 1.20 bits per heavy atom. The normalized spacial score (nSPS) is 24.5. The van der Waals surface area contributed by atoms with Gasteiger partial charge in [0.1, 0.15) is 18.2 Å². The third-order valence-corrected chi connectivity index (χ3v) is 5.32. The molecule has 2 aromatic rings. The molecule has 0 N–H and O–H groups in total.